The molecule has 0 unspecified atom stereocenters. The van der Waals surface area contributed by atoms with E-state index in [1.807, 2.05) is 0 Å². The van der Waals surface area contributed by atoms with Crippen LogP contribution in [0, 0.1) is 0 Å². The van der Waals surface area contributed by atoms with Gasteiger partial charge in [0, 0.05) is 5.57 Å². The van der Waals surface area contributed by atoms with Crippen LogP contribution in [-0.2, 0) is 19.1 Å². The lowest BCUT2D eigenvalue weighted by atomic mass is 10.3. The highest BCUT2D eigenvalue weighted by atomic mass is 32.2. The lowest BCUT2D eigenvalue weighted by Gasteiger charge is -2.03. The van der Waals surface area contributed by atoms with Gasteiger partial charge in [-0.1, -0.05) is 6.58 Å². The highest BCUT2D eigenvalue weighted by molar-refractivity contribution is 8.02. The Hall–Kier alpha value is -0.720. The lowest BCUT2D eigenvalue weighted by Crippen LogP contribution is -2.19. The molecule has 0 spiro atoms. The predicted octanol–water partition coefficient (Wildman–Crippen LogP) is 0.174. The van der Waals surface area contributed by atoms with Crippen LogP contribution in [0.5, 0.6) is 0 Å². The highest BCUT2D eigenvalue weighted by Crippen LogP contribution is 2.04. The van der Waals surface area contributed by atoms with Crippen molar-refractivity contribution >= 4 is 15.2 Å². The molecule has 0 atom stereocenters. The molecule has 0 aliphatic carbocycles. The molecular weight excluding hydrogens is 206 g/mol. The van der Waals surface area contributed by atoms with Crippen LogP contribution in [0.2, 0.25) is 0 Å². The second-order valence-electron chi connectivity index (χ2n) is 2.84. The van der Waals surface area contributed by atoms with Crippen molar-refractivity contribution in [3.05, 3.63) is 12.2 Å². The van der Waals surface area contributed by atoms with Crippen molar-refractivity contribution in [1.29, 1.82) is 0 Å². The Morgan fingerprint density at radius 2 is 2.00 bits per heavy atom. The number of hydrogen-bond donors (Lipinski definition) is 1. The largest absolute Gasteiger partial charge is 0.335 e. The summed E-state index contributed by atoms with van der Waals surface area (Å²) in [7, 11) is -4.12. The SMILES string of the molecule is C=C(C)C(=O)S(=O)(=O)OCCCCN. The summed E-state index contributed by atoms with van der Waals surface area (Å²) < 4.78 is 26.6. The molecular formula is C8H15NO4S. The van der Waals surface area contributed by atoms with Crippen molar-refractivity contribution < 1.29 is 17.4 Å². The first-order valence-electron chi connectivity index (χ1n) is 4.21. The van der Waals surface area contributed by atoms with E-state index < -0.39 is 15.2 Å². The molecule has 82 valence electrons. The molecule has 0 aliphatic rings. The normalized spacial score (nSPS) is 11.3. The third-order valence-corrected chi connectivity index (χ3v) is 2.69. The van der Waals surface area contributed by atoms with E-state index in [4.69, 9.17) is 5.73 Å². The van der Waals surface area contributed by atoms with Gasteiger partial charge in [0.05, 0.1) is 6.61 Å². The van der Waals surface area contributed by atoms with Gasteiger partial charge in [-0.3, -0.25) is 8.98 Å². The van der Waals surface area contributed by atoms with Gasteiger partial charge in [0.25, 0.3) is 5.12 Å². The summed E-state index contributed by atoms with van der Waals surface area (Å²) in [6, 6.07) is 0. The van der Waals surface area contributed by atoms with Crippen LogP contribution in [0.1, 0.15) is 19.8 Å². The van der Waals surface area contributed by atoms with E-state index in [1.54, 1.807) is 0 Å². The fourth-order valence-corrected chi connectivity index (χ4v) is 1.55. The molecule has 0 rings (SSSR count). The zero-order chi connectivity index (χ0) is 11.2. The van der Waals surface area contributed by atoms with Crippen molar-refractivity contribution in [1.82, 2.24) is 0 Å². The smallest absolute Gasteiger partial charge is 0.330 e. The fraction of sp³-hybridized carbons (Fsp3) is 0.625. The molecule has 0 bridgehead atoms. The molecule has 0 aliphatic heterocycles. The van der Waals surface area contributed by atoms with Gasteiger partial charge in [-0.15, -0.1) is 0 Å². The van der Waals surface area contributed by atoms with Gasteiger partial charge >= 0.3 is 10.1 Å². The maximum atomic E-state index is 11.1. The minimum atomic E-state index is -4.12. The lowest BCUT2D eigenvalue weighted by molar-refractivity contribution is -0.109. The van der Waals surface area contributed by atoms with E-state index >= 15 is 0 Å². The van der Waals surface area contributed by atoms with Gasteiger partial charge in [-0.05, 0) is 26.3 Å². The second kappa shape index (κ2) is 5.90. The first-order valence-corrected chi connectivity index (χ1v) is 5.62. The zero-order valence-electron chi connectivity index (χ0n) is 8.15. The summed E-state index contributed by atoms with van der Waals surface area (Å²) in [6.45, 7) is 5.01. The third-order valence-electron chi connectivity index (χ3n) is 1.41. The van der Waals surface area contributed by atoms with Crippen molar-refractivity contribution in [3.8, 4) is 0 Å². The van der Waals surface area contributed by atoms with Crippen molar-refractivity contribution in [2.75, 3.05) is 13.2 Å². The molecule has 14 heavy (non-hydrogen) atoms. The van der Waals surface area contributed by atoms with Gasteiger partial charge in [0.2, 0.25) is 0 Å². The highest BCUT2D eigenvalue weighted by Gasteiger charge is 2.23. The number of carbonyl (C=O) groups excluding carboxylic acids is 1. The summed E-state index contributed by atoms with van der Waals surface area (Å²) in [6.07, 6.45) is 1.18. The first kappa shape index (κ1) is 13.3. The Morgan fingerprint density at radius 1 is 1.43 bits per heavy atom. The monoisotopic (exact) mass is 221 g/mol. The van der Waals surface area contributed by atoms with Gasteiger partial charge in [-0.25, -0.2) is 0 Å². The summed E-state index contributed by atoms with van der Waals surface area (Å²) in [5, 5.41) is -1.06. The molecule has 0 radical (unpaired) electrons. The molecule has 0 saturated carbocycles. The van der Waals surface area contributed by atoms with Crippen LogP contribution in [0.4, 0.5) is 0 Å². The Bertz CT molecular complexity index is 307. The summed E-state index contributed by atoms with van der Waals surface area (Å²) >= 11 is 0. The number of hydrogen-bond acceptors (Lipinski definition) is 5. The molecule has 0 heterocycles. The molecule has 0 aromatic rings. The van der Waals surface area contributed by atoms with Gasteiger partial charge in [0.15, 0.2) is 0 Å². The molecule has 0 aromatic carbocycles. The van der Waals surface area contributed by atoms with Crippen molar-refractivity contribution in [2.24, 2.45) is 5.73 Å². The van der Waals surface area contributed by atoms with Crippen LogP contribution in [-0.4, -0.2) is 26.7 Å². The Balaban J connectivity index is 4.10. The maximum absolute atomic E-state index is 11.1. The van der Waals surface area contributed by atoms with E-state index in [2.05, 4.69) is 10.8 Å². The fourth-order valence-electron chi connectivity index (χ4n) is 0.682. The quantitative estimate of drug-likeness (QED) is 0.392. The maximum Gasteiger partial charge on any atom is 0.335 e. The standard InChI is InChI=1S/C8H15NO4S/c1-7(2)8(10)14(11,12)13-6-4-3-5-9/h1,3-6,9H2,2H3. The van der Waals surface area contributed by atoms with E-state index in [0.717, 1.165) is 0 Å². The van der Waals surface area contributed by atoms with Crippen LogP contribution in [0.3, 0.4) is 0 Å². The van der Waals surface area contributed by atoms with Gasteiger partial charge < -0.3 is 5.73 Å². The number of carbonyl (C=O) groups is 1. The molecule has 2 N–H and O–H groups in total. The summed E-state index contributed by atoms with van der Waals surface area (Å²) in [4.78, 5) is 11.0. The molecule has 0 fully saturated rings. The molecule has 0 saturated heterocycles. The van der Waals surface area contributed by atoms with E-state index in [0.29, 0.717) is 19.4 Å². The van der Waals surface area contributed by atoms with E-state index in [9.17, 15) is 13.2 Å². The molecule has 0 aromatic heterocycles. The number of unbranched alkanes of at least 4 members (excludes halogenated alkanes) is 1. The second-order valence-corrected chi connectivity index (χ2v) is 4.35. The minimum Gasteiger partial charge on any atom is -0.330 e. The molecule has 6 heteroatoms. The van der Waals surface area contributed by atoms with Crippen LogP contribution in [0.25, 0.3) is 0 Å². The van der Waals surface area contributed by atoms with E-state index in [-0.39, 0.29) is 12.2 Å². The average molecular weight is 221 g/mol. The number of rotatable bonds is 6. The minimum absolute atomic E-state index is 0.0153. The van der Waals surface area contributed by atoms with Crippen molar-refractivity contribution in [2.45, 2.75) is 19.8 Å². The Morgan fingerprint density at radius 3 is 2.43 bits per heavy atom. The zero-order valence-corrected chi connectivity index (χ0v) is 8.97. The third kappa shape index (κ3) is 4.50. The predicted molar refractivity (Wildman–Crippen MR) is 53.0 cm³/mol. The topological polar surface area (TPSA) is 86.5 Å². The average Bonchev–Trinajstić information content (AvgIpc) is 2.11. The summed E-state index contributed by atoms with van der Waals surface area (Å²) in [5.74, 6) is 0. The van der Waals surface area contributed by atoms with Crippen LogP contribution >= 0.6 is 0 Å². The van der Waals surface area contributed by atoms with Crippen LogP contribution < -0.4 is 5.73 Å². The van der Waals surface area contributed by atoms with Crippen LogP contribution in [0.15, 0.2) is 12.2 Å². The molecule has 5 nitrogen and oxygen atoms in total. The molecule has 0 amide bonds. The van der Waals surface area contributed by atoms with Gasteiger partial charge in [-0.2, -0.15) is 8.42 Å². The first-order chi connectivity index (χ1) is 6.41. The van der Waals surface area contributed by atoms with Crippen molar-refractivity contribution in [3.63, 3.8) is 0 Å². The number of nitrogens with two attached hydrogens (primary N) is 1. The summed E-state index contributed by atoms with van der Waals surface area (Å²) in [5.41, 5.74) is 5.15. The van der Waals surface area contributed by atoms with Gasteiger partial charge in [0.1, 0.15) is 0 Å². The Labute approximate surface area is 84.1 Å². The van der Waals surface area contributed by atoms with E-state index in [1.165, 1.54) is 6.92 Å². The Kier molecular flexibility index (Phi) is 5.59.